The highest BCUT2D eigenvalue weighted by Crippen LogP contribution is 2.31. The topological polar surface area (TPSA) is 52.9 Å². The summed E-state index contributed by atoms with van der Waals surface area (Å²) in [7, 11) is 1.78. The number of benzene rings is 5. The van der Waals surface area contributed by atoms with Gasteiger partial charge in [0.05, 0.1) is 11.4 Å². The molecule has 1 amide bonds. The fourth-order valence-corrected chi connectivity index (χ4v) is 4.89. The second-order valence-corrected chi connectivity index (χ2v) is 10.1. The molecule has 39 heavy (non-hydrogen) atoms. The number of halogens is 1. The first-order valence-corrected chi connectivity index (χ1v) is 13.2. The molecule has 0 fully saturated rings. The number of likely N-dealkylation sites (N-methyl/N-ethyl adjacent to an activating group) is 1. The van der Waals surface area contributed by atoms with Crippen molar-refractivity contribution in [1.82, 2.24) is 0 Å². The molecule has 0 aliphatic carbocycles. The number of benzodiazepines with no additional fused rings is 1. The van der Waals surface area contributed by atoms with E-state index < -0.39 is 6.04 Å². The zero-order chi connectivity index (χ0) is 27.4. The van der Waals surface area contributed by atoms with Crippen molar-refractivity contribution in [2.24, 2.45) is 4.99 Å². The molecule has 5 aromatic rings. The summed E-state index contributed by atoms with van der Waals surface area (Å²) < 4.78 is 0. The van der Waals surface area contributed by atoms with Gasteiger partial charge in [0.2, 0.25) is 0 Å². The van der Waals surface area contributed by atoms with E-state index in [0.717, 1.165) is 33.2 Å². The van der Waals surface area contributed by atoms with Gasteiger partial charge in [0.1, 0.15) is 11.8 Å². The standard InChI is InChI=1S/C27H21ClN2O2.C7H8/c1-30-25-13-10-21(28)16-23(25)26(19-8-11-22(31)12-9-19)29-24(27(30)32)15-17-6-7-18-4-2-3-5-20(18)14-17;1-7-5-3-2-4-6-7/h2-14,16,24,31H,15H2,1H3;2-6H,1H3. The molecule has 1 atom stereocenters. The number of anilines is 1. The lowest BCUT2D eigenvalue weighted by Crippen LogP contribution is -2.36. The molecule has 4 nitrogen and oxygen atoms in total. The molecule has 194 valence electrons. The average Bonchev–Trinajstić information content (AvgIpc) is 3.04. The van der Waals surface area contributed by atoms with Crippen molar-refractivity contribution in [3.63, 3.8) is 0 Å². The first-order valence-electron chi connectivity index (χ1n) is 12.8. The minimum Gasteiger partial charge on any atom is -0.508 e. The summed E-state index contributed by atoms with van der Waals surface area (Å²) in [5.41, 5.74) is 5.42. The van der Waals surface area contributed by atoms with E-state index in [1.807, 2.05) is 54.6 Å². The van der Waals surface area contributed by atoms with Gasteiger partial charge in [-0.1, -0.05) is 90.0 Å². The van der Waals surface area contributed by atoms with Crippen LogP contribution in [0.1, 0.15) is 22.3 Å². The highest BCUT2D eigenvalue weighted by molar-refractivity contribution is 6.32. The van der Waals surface area contributed by atoms with E-state index in [1.54, 1.807) is 30.1 Å². The molecule has 1 aliphatic rings. The van der Waals surface area contributed by atoms with E-state index in [0.29, 0.717) is 17.2 Å². The van der Waals surface area contributed by atoms with Crippen LogP contribution in [-0.2, 0) is 11.2 Å². The zero-order valence-electron chi connectivity index (χ0n) is 21.9. The van der Waals surface area contributed by atoms with Crippen LogP contribution in [0.5, 0.6) is 5.75 Å². The van der Waals surface area contributed by atoms with Crippen LogP contribution in [0.3, 0.4) is 0 Å². The van der Waals surface area contributed by atoms with Crippen molar-refractivity contribution in [3.05, 3.63) is 143 Å². The van der Waals surface area contributed by atoms with Crippen molar-refractivity contribution in [3.8, 4) is 5.75 Å². The minimum atomic E-state index is -0.587. The molecule has 1 N–H and O–H groups in total. The number of hydrogen-bond donors (Lipinski definition) is 1. The normalized spacial score (nSPS) is 14.6. The summed E-state index contributed by atoms with van der Waals surface area (Å²) in [6.45, 7) is 2.08. The number of nitrogens with zero attached hydrogens (tertiary/aromatic N) is 2. The van der Waals surface area contributed by atoms with Gasteiger partial charge in [0.25, 0.3) is 5.91 Å². The van der Waals surface area contributed by atoms with Crippen LogP contribution in [-0.4, -0.2) is 29.8 Å². The highest BCUT2D eigenvalue weighted by Gasteiger charge is 2.30. The smallest absolute Gasteiger partial charge is 0.251 e. The van der Waals surface area contributed by atoms with Gasteiger partial charge in [-0.15, -0.1) is 0 Å². The molecule has 6 rings (SSSR count). The van der Waals surface area contributed by atoms with E-state index in [4.69, 9.17) is 16.6 Å². The van der Waals surface area contributed by atoms with Crippen LogP contribution in [0.15, 0.2) is 120 Å². The van der Waals surface area contributed by atoms with Crippen LogP contribution >= 0.6 is 11.6 Å². The minimum absolute atomic E-state index is 0.0736. The van der Waals surface area contributed by atoms with E-state index >= 15 is 0 Å². The molecule has 1 heterocycles. The van der Waals surface area contributed by atoms with Gasteiger partial charge in [0.15, 0.2) is 0 Å². The number of hydrogen-bond acceptors (Lipinski definition) is 3. The Morgan fingerprint density at radius 2 is 1.51 bits per heavy atom. The number of rotatable bonds is 3. The lowest BCUT2D eigenvalue weighted by molar-refractivity contribution is -0.119. The predicted octanol–water partition coefficient (Wildman–Crippen LogP) is 7.62. The average molecular weight is 533 g/mol. The number of fused-ring (bicyclic) bond motifs is 2. The van der Waals surface area contributed by atoms with Crippen molar-refractivity contribution in [2.45, 2.75) is 19.4 Å². The summed E-state index contributed by atoms with van der Waals surface area (Å²) in [5, 5.41) is 12.6. The second-order valence-electron chi connectivity index (χ2n) is 9.64. The maximum atomic E-state index is 13.4. The molecule has 0 bridgehead atoms. The van der Waals surface area contributed by atoms with Gasteiger partial charge in [-0.3, -0.25) is 9.79 Å². The van der Waals surface area contributed by atoms with E-state index in [2.05, 4.69) is 49.4 Å². The van der Waals surface area contributed by atoms with Gasteiger partial charge >= 0.3 is 0 Å². The second kappa shape index (κ2) is 11.5. The number of phenolic OH excluding ortho intramolecular Hbond substituents is 1. The molecular weight excluding hydrogens is 504 g/mol. The molecule has 0 radical (unpaired) electrons. The quantitative estimate of drug-likeness (QED) is 0.260. The Morgan fingerprint density at radius 1 is 0.821 bits per heavy atom. The van der Waals surface area contributed by atoms with Crippen molar-refractivity contribution in [1.29, 1.82) is 0 Å². The molecule has 5 heteroatoms. The van der Waals surface area contributed by atoms with Crippen LogP contribution < -0.4 is 4.90 Å². The maximum absolute atomic E-state index is 13.4. The van der Waals surface area contributed by atoms with Gasteiger partial charge in [-0.05, 0) is 65.7 Å². The summed E-state index contributed by atoms with van der Waals surface area (Å²) in [4.78, 5) is 20.0. The molecule has 0 aromatic heterocycles. The third kappa shape index (κ3) is 6.02. The van der Waals surface area contributed by atoms with Gasteiger partial charge in [-0.25, -0.2) is 0 Å². The number of aliphatic imine (C=N–C) groups is 1. The van der Waals surface area contributed by atoms with Crippen LogP contribution in [0.25, 0.3) is 10.8 Å². The van der Waals surface area contributed by atoms with Crippen molar-refractivity contribution >= 4 is 39.7 Å². The Labute approximate surface area is 233 Å². The molecular formula is C34H29ClN2O2. The highest BCUT2D eigenvalue weighted by atomic mass is 35.5. The zero-order valence-corrected chi connectivity index (χ0v) is 22.6. The third-order valence-electron chi connectivity index (χ3n) is 6.80. The number of phenols is 1. The predicted molar refractivity (Wildman–Crippen MR) is 161 cm³/mol. The van der Waals surface area contributed by atoms with E-state index in [-0.39, 0.29) is 11.7 Å². The summed E-state index contributed by atoms with van der Waals surface area (Å²) in [5.74, 6) is 0.103. The lowest BCUT2D eigenvalue weighted by atomic mass is 9.99. The summed E-state index contributed by atoms with van der Waals surface area (Å²) in [6.07, 6.45) is 0.483. The van der Waals surface area contributed by atoms with Crippen LogP contribution in [0, 0.1) is 6.92 Å². The molecule has 1 unspecified atom stereocenters. The number of aryl methyl sites for hydroxylation is 1. The molecule has 0 saturated heterocycles. The monoisotopic (exact) mass is 532 g/mol. The number of carbonyl (C=O) groups is 1. The molecule has 1 aliphatic heterocycles. The molecule has 0 spiro atoms. The molecule has 0 saturated carbocycles. The van der Waals surface area contributed by atoms with Crippen LogP contribution in [0.4, 0.5) is 5.69 Å². The first kappa shape index (κ1) is 26.2. The summed E-state index contributed by atoms with van der Waals surface area (Å²) >= 11 is 6.32. The Morgan fingerprint density at radius 3 is 2.21 bits per heavy atom. The molecule has 5 aromatic carbocycles. The Bertz CT molecular complexity index is 1650. The van der Waals surface area contributed by atoms with Crippen molar-refractivity contribution < 1.29 is 9.90 Å². The lowest BCUT2D eigenvalue weighted by Gasteiger charge is -2.20. The number of amides is 1. The van der Waals surface area contributed by atoms with Crippen molar-refractivity contribution in [2.75, 3.05) is 11.9 Å². The fraction of sp³-hybridized carbons (Fsp3) is 0.118. The third-order valence-corrected chi connectivity index (χ3v) is 7.03. The van der Waals surface area contributed by atoms with E-state index in [9.17, 15) is 9.90 Å². The van der Waals surface area contributed by atoms with E-state index in [1.165, 1.54) is 5.56 Å². The first-order chi connectivity index (χ1) is 18.9. The number of aromatic hydroxyl groups is 1. The fourth-order valence-electron chi connectivity index (χ4n) is 4.72. The Balaban J connectivity index is 0.000000384. The largest absolute Gasteiger partial charge is 0.508 e. The Hall–Kier alpha value is -4.41. The maximum Gasteiger partial charge on any atom is 0.251 e. The SMILES string of the molecule is CN1C(=O)C(Cc2ccc3ccccc3c2)N=C(c2ccc(O)cc2)c2cc(Cl)ccc21.Cc1ccccc1. The van der Waals surface area contributed by atoms with Gasteiger partial charge in [-0.2, -0.15) is 0 Å². The summed E-state index contributed by atoms with van der Waals surface area (Å²) in [6, 6.07) is 36.4. The van der Waals surface area contributed by atoms with Crippen LogP contribution in [0.2, 0.25) is 5.02 Å². The number of carbonyl (C=O) groups excluding carboxylic acids is 1. The Kier molecular flexibility index (Phi) is 7.76. The van der Waals surface area contributed by atoms with Gasteiger partial charge < -0.3 is 10.0 Å². The van der Waals surface area contributed by atoms with Gasteiger partial charge in [0, 0.05) is 29.6 Å².